The molecule has 3 aromatic heterocycles. The summed E-state index contributed by atoms with van der Waals surface area (Å²) in [7, 11) is 0. The van der Waals surface area contributed by atoms with Crippen LogP contribution in [0.1, 0.15) is 23.6 Å². The molecular formula is C16H14ClN5O. The highest BCUT2D eigenvalue weighted by Crippen LogP contribution is 2.47. The molecule has 1 aliphatic rings. The standard InChI is InChI=1S/C16H14ClN5O/c1-9-6-15-19-14(8-13(17)22(15)21-9)20-16(23)12-7-11(12)10-2-4-18-5-3-10/h2-6,8,11-12H,7H2,1H3,(H,19,20,23)/t11-,12+/m0/s1. The first kappa shape index (κ1) is 14.1. The average molecular weight is 328 g/mol. The van der Waals surface area contributed by atoms with Crippen LogP contribution in [0, 0.1) is 12.8 Å². The zero-order valence-corrected chi connectivity index (χ0v) is 13.2. The number of carbonyl (C=O) groups is 1. The molecule has 0 unspecified atom stereocenters. The van der Waals surface area contributed by atoms with Crippen molar-refractivity contribution in [3.05, 3.63) is 53.1 Å². The highest BCUT2D eigenvalue weighted by atomic mass is 35.5. The molecule has 0 spiro atoms. The van der Waals surface area contributed by atoms with E-state index in [-0.39, 0.29) is 17.7 Å². The zero-order chi connectivity index (χ0) is 16.0. The predicted molar refractivity (Wildman–Crippen MR) is 86.4 cm³/mol. The molecular weight excluding hydrogens is 314 g/mol. The van der Waals surface area contributed by atoms with Crippen molar-refractivity contribution in [2.24, 2.45) is 5.92 Å². The number of nitrogens with one attached hydrogen (secondary N) is 1. The monoisotopic (exact) mass is 327 g/mol. The van der Waals surface area contributed by atoms with E-state index in [1.807, 2.05) is 25.1 Å². The number of fused-ring (bicyclic) bond motifs is 1. The predicted octanol–water partition coefficient (Wildman–Crippen LogP) is 2.83. The summed E-state index contributed by atoms with van der Waals surface area (Å²) < 4.78 is 1.55. The van der Waals surface area contributed by atoms with Gasteiger partial charge in [0.15, 0.2) is 5.65 Å². The van der Waals surface area contributed by atoms with Crippen molar-refractivity contribution in [1.29, 1.82) is 0 Å². The van der Waals surface area contributed by atoms with Crippen LogP contribution < -0.4 is 5.32 Å². The third-order valence-corrected chi connectivity index (χ3v) is 4.29. The molecule has 1 amide bonds. The topological polar surface area (TPSA) is 72.2 Å². The van der Waals surface area contributed by atoms with Gasteiger partial charge in [-0.15, -0.1) is 0 Å². The van der Waals surface area contributed by atoms with Gasteiger partial charge < -0.3 is 5.32 Å². The van der Waals surface area contributed by atoms with E-state index in [0.29, 0.717) is 16.6 Å². The minimum absolute atomic E-state index is 0.0270. The van der Waals surface area contributed by atoms with Crippen LogP contribution in [0.3, 0.4) is 0 Å². The second-order valence-electron chi connectivity index (χ2n) is 5.74. The maximum Gasteiger partial charge on any atom is 0.229 e. The molecule has 6 nitrogen and oxygen atoms in total. The molecule has 0 aromatic carbocycles. The van der Waals surface area contributed by atoms with Crippen LogP contribution in [0.2, 0.25) is 5.15 Å². The first-order valence-corrected chi connectivity index (χ1v) is 7.73. The molecule has 1 fully saturated rings. The van der Waals surface area contributed by atoms with Gasteiger partial charge in [-0.05, 0) is 37.0 Å². The average Bonchev–Trinajstić information content (AvgIpc) is 3.24. The summed E-state index contributed by atoms with van der Waals surface area (Å²) in [5.74, 6) is 0.652. The summed E-state index contributed by atoms with van der Waals surface area (Å²) in [6.07, 6.45) is 4.34. The highest BCUT2D eigenvalue weighted by Gasteiger charge is 2.44. The summed E-state index contributed by atoms with van der Waals surface area (Å²) in [5, 5.41) is 7.51. The van der Waals surface area contributed by atoms with Crippen molar-refractivity contribution in [3.8, 4) is 0 Å². The van der Waals surface area contributed by atoms with Gasteiger partial charge in [-0.25, -0.2) is 9.50 Å². The van der Waals surface area contributed by atoms with E-state index in [2.05, 4.69) is 20.4 Å². The number of hydrogen-bond acceptors (Lipinski definition) is 4. The third kappa shape index (κ3) is 2.66. The van der Waals surface area contributed by atoms with E-state index >= 15 is 0 Å². The van der Waals surface area contributed by atoms with Crippen molar-refractivity contribution in [1.82, 2.24) is 19.6 Å². The van der Waals surface area contributed by atoms with Crippen molar-refractivity contribution in [3.63, 3.8) is 0 Å². The van der Waals surface area contributed by atoms with Crippen LogP contribution >= 0.6 is 11.6 Å². The molecule has 3 aromatic rings. The maximum atomic E-state index is 12.4. The molecule has 0 aliphatic heterocycles. The fourth-order valence-electron chi connectivity index (χ4n) is 2.80. The quantitative estimate of drug-likeness (QED) is 0.751. The molecule has 4 rings (SSSR count). The molecule has 116 valence electrons. The number of halogens is 1. The van der Waals surface area contributed by atoms with Crippen LogP contribution in [0.5, 0.6) is 0 Å². The molecule has 3 heterocycles. The number of anilines is 1. The second kappa shape index (κ2) is 5.31. The number of pyridine rings is 1. The fraction of sp³-hybridized carbons (Fsp3) is 0.250. The Balaban J connectivity index is 1.51. The molecule has 0 radical (unpaired) electrons. The van der Waals surface area contributed by atoms with Gasteiger partial charge >= 0.3 is 0 Å². The summed E-state index contributed by atoms with van der Waals surface area (Å²) >= 11 is 6.18. The second-order valence-corrected chi connectivity index (χ2v) is 6.13. The lowest BCUT2D eigenvalue weighted by molar-refractivity contribution is -0.117. The van der Waals surface area contributed by atoms with Crippen molar-refractivity contribution < 1.29 is 4.79 Å². The Morgan fingerprint density at radius 2 is 2.13 bits per heavy atom. The van der Waals surface area contributed by atoms with Gasteiger partial charge in [0.2, 0.25) is 5.91 Å². The Bertz CT molecular complexity index is 892. The summed E-state index contributed by atoms with van der Waals surface area (Å²) in [4.78, 5) is 20.8. The normalized spacial score (nSPS) is 19.7. The molecule has 7 heteroatoms. The maximum absolute atomic E-state index is 12.4. The summed E-state index contributed by atoms with van der Waals surface area (Å²) in [6.45, 7) is 1.87. The lowest BCUT2D eigenvalue weighted by Gasteiger charge is -2.06. The Morgan fingerprint density at radius 3 is 2.91 bits per heavy atom. The SMILES string of the molecule is Cc1cc2nc(NC(=O)[C@@H]3C[C@H]3c3ccncc3)cc(Cl)n2n1. The van der Waals surface area contributed by atoms with Crippen LogP contribution in [0.15, 0.2) is 36.7 Å². The molecule has 2 atom stereocenters. The van der Waals surface area contributed by atoms with E-state index in [4.69, 9.17) is 11.6 Å². The van der Waals surface area contributed by atoms with E-state index in [9.17, 15) is 4.79 Å². The number of aromatic nitrogens is 4. The van der Waals surface area contributed by atoms with Gasteiger partial charge in [-0.1, -0.05) is 11.6 Å². The van der Waals surface area contributed by atoms with E-state index < -0.39 is 0 Å². The van der Waals surface area contributed by atoms with E-state index in [0.717, 1.165) is 17.7 Å². The van der Waals surface area contributed by atoms with Gasteiger partial charge in [-0.2, -0.15) is 5.10 Å². The van der Waals surface area contributed by atoms with Crippen molar-refractivity contribution in [2.75, 3.05) is 5.32 Å². The smallest absolute Gasteiger partial charge is 0.229 e. The van der Waals surface area contributed by atoms with Crippen LogP contribution in [0.4, 0.5) is 5.82 Å². The number of nitrogens with zero attached hydrogens (tertiary/aromatic N) is 4. The number of carbonyl (C=O) groups excluding carboxylic acids is 1. The molecule has 1 N–H and O–H groups in total. The minimum Gasteiger partial charge on any atom is -0.310 e. The number of aryl methyl sites for hydroxylation is 1. The zero-order valence-electron chi connectivity index (χ0n) is 12.4. The summed E-state index contributed by atoms with van der Waals surface area (Å²) in [6, 6.07) is 7.34. The largest absolute Gasteiger partial charge is 0.310 e. The number of amides is 1. The lowest BCUT2D eigenvalue weighted by Crippen LogP contribution is -2.16. The first-order chi connectivity index (χ1) is 11.1. The first-order valence-electron chi connectivity index (χ1n) is 7.35. The van der Waals surface area contributed by atoms with Crippen molar-refractivity contribution in [2.45, 2.75) is 19.3 Å². The van der Waals surface area contributed by atoms with E-state index in [1.165, 1.54) is 0 Å². The summed E-state index contributed by atoms with van der Waals surface area (Å²) in [5.41, 5.74) is 2.59. The highest BCUT2D eigenvalue weighted by molar-refractivity contribution is 6.30. The van der Waals surface area contributed by atoms with Gasteiger partial charge in [0, 0.05) is 30.4 Å². The molecule has 0 saturated heterocycles. The van der Waals surface area contributed by atoms with Gasteiger partial charge in [0.05, 0.1) is 5.69 Å². The lowest BCUT2D eigenvalue weighted by atomic mass is 10.1. The van der Waals surface area contributed by atoms with E-state index in [1.54, 1.807) is 23.0 Å². The number of rotatable bonds is 3. The van der Waals surface area contributed by atoms with Gasteiger partial charge in [-0.3, -0.25) is 9.78 Å². The van der Waals surface area contributed by atoms with Crippen molar-refractivity contribution >= 4 is 29.0 Å². The minimum atomic E-state index is -0.0315. The Kier molecular flexibility index (Phi) is 3.27. The molecule has 1 saturated carbocycles. The molecule has 1 aliphatic carbocycles. The van der Waals surface area contributed by atoms with Crippen LogP contribution in [-0.4, -0.2) is 25.5 Å². The Hall–Kier alpha value is -2.47. The molecule has 23 heavy (non-hydrogen) atoms. The van der Waals surface area contributed by atoms with Gasteiger partial charge in [0.1, 0.15) is 11.0 Å². The fourth-order valence-corrected chi connectivity index (χ4v) is 3.03. The Labute approximate surface area is 137 Å². The third-order valence-electron chi connectivity index (χ3n) is 4.02. The van der Waals surface area contributed by atoms with Crippen LogP contribution in [-0.2, 0) is 4.79 Å². The van der Waals surface area contributed by atoms with Crippen LogP contribution in [0.25, 0.3) is 5.65 Å². The molecule has 0 bridgehead atoms. The van der Waals surface area contributed by atoms with Gasteiger partial charge in [0.25, 0.3) is 0 Å². The Morgan fingerprint density at radius 1 is 1.35 bits per heavy atom. The number of hydrogen-bond donors (Lipinski definition) is 1.